The second kappa shape index (κ2) is 25.6. The molecule has 0 unspecified atom stereocenters. The van der Waals surface area contributed by atoms with Crippen LogP contribution >= 0.6 is 0 Å². The van der Waals surface area contributed by atoms with Gasteiger partial charge in [0.2, 0.25) is 0 Å². The number of aliphatic hydroxyl groups is 4. The summed E-state index contributed by atoms with van der Waals surface area (Å²) in [5.74, 6) is 5.64. The van der Waals surface area contributed by atoms with E-state index in [9.17, 15) is 35.4 Å². The fourth-order valence-corrected chi connectivity index (χ4v) is 14.2. The van der Waals surface area contributed by atoms with E-state index in [1.807, 2.05) is 42.6 Å². The molecule has 5 aromatic rings. The zero-order valence-corrected chi connectivity index (χ0v) is 46.7. The largest absolute Gasteiger partial charge is 0.507 e. The fraction of sp³-hybridized carbons (Fsp3) is 0.493. The average molecular weight is 1090 g/mol. The molecule has 5 aliphatic rings. The molecule has 1 aromatic heterocycles. The first-order valence-corrected chi connectivity index (χ1v) is 29.5. The van der Waals surface area contributed by atoms with Crippen molar-refractivity contribution < 1.29 is 45.0 Å². The zero-order valence-electron chi connectivity index (χ0n) is 46.7. The smallest absolute Gasteiger partial charge is 0.173 e. The van der Waals surface area contributed by atoms with Crippen LogP contribution in [0.5, 0.6) is 17.2 Å². The van der Waals surface area contributed by atoms with Crippen molar-refractivity contribution in [2.45, 2.75) is 140 Å². The number of aromatic amines is 1. The molecule has 0 spiro atoms. The average Bonchev–Trinajstić information content (AvgIpc) is 4.03. The van der Waals surface area contributed by atoms with Crippen molar-refractivity contribution in [3.8, 4) is 29.1 Å². The number of aromatic hydroxyl groups is 2. The lowest BCUT2D eigenvalue weighted by molar-refractivity contribution is -0.142. The third-order valence-electron chi connectivity index (χ3n) is 18.4. The molecule has 2 saturated carbocycles. The molecular weight excluding hydrogens is 1000 g/mol. The van der Waals surface area contributed by atoms with Gasteiger partial charge in [-0.1, -0.05) is 87.1 Å². The molecule has 13 heteroatoms. The molecule has 9 bridgehead atoms. The van der Waals surface area contributed by atoms with Crippen LogP contribution in [0.3, 0.4) is 0 Å². The van der Waals surface area contributed by atoms with Gasteiger partial charge in [-0.15, -0.1) is 0 Å². The number of aliphatic hydroxyl groups excluding tert-OH is 4. The van der Waals surface area contributed by atoms with E-state index in [0.717, 1.165) is 88.1 Å². The quantitative estimate of drug-likeness (QED) is 0.0568. The summed E-state index contributed by atoms with van der Waals surface area (Å²) < 4.78 is 5.62. The monoisotopic (exact) mass is 1090 g/mol. The number of hydrogen-bond donors (Lipinski definition) is 10. The molecule has 12 atom stereocenters. The molecule has 10 N–H and O–H groups in total. The number of β-amino-alcohol motifs (C(OH)–C–C–N with tert-alkyl or cyclic N) is 1. The molecule has 0 amide bonds. The lowest BCUT2D eigenvalue weighted by Crippen LogP contribution is -2.40. The van der Waals surface area contributed by atoms with Gasteiger partial charge >= 0.3 is 0 Å². The molecule has 0 radical (unpaired) electrons. The van der Waals surface area contributed by atoms with Crippen LogP contribution in [-0.4, -0.2) is 98.9 Å². The lowest BCUT2D eigenvalue weighted by atomic mass is 9.72. The SMILES string of the molecule is CCC[C@@H]1[C@H]2C[C@@H](CC3=CCNC(=C3)Nc3ccc4ccc(c(O)c4c3)C[C@H](O)CNC[C@H](C)c3c[nH]c(c3)C[C@H]1O)C[C@@H]1C#C[C@H](c3ccccc3[C@H]3CCC[C@H](CO)C3)c3cc(O)c(OC)cc3CCC(=O)[C@H](O)C(=O)[C@H]1C2. The number of benzene rings is 4. The summed E-state index contributed by atoms with van der Waals surface area (Å²) in [7, 11) is 1.49. The lowest BCUT2D eigenvalue weighted by Gasteiger charge is -2.33. The van der Waals surface area contributed by atoms with E-state index < -0.39 is 47.6 Å². The van der Waals surface area contributed by atoms with Gasteiger partial charge in [-0.25, -0.2) is 0 Å². The summed E-state index contributed by atoms with van der Waals surface area (Å²) in [4.78, 5) is 33.0. The van der Waals surface area contributed by atoms with E-state index in [2.05, 4.69) is 83.0 Å². The van der Waals surface area contributed by atoms with Crippen LogP contribution in [0.2, 0.25) is 0 Å². The molecule has 3 aliphatic carbocycles. The van der Waals surface area contributed by atoms with Crippen molar-refractivity contribution in [2.24, 2.45) is 35.5 Å². The first kappa shape index (κ1) is 56.9. The first-order valence-electron chi connectivity index (χ1n) is 29.5. The highest BCUT2D eigenvalue weighted by Gasteiger charge is 2.44. The number of allylic oxidation sites excluding steroid dienone is 2. The Morgan fingerprint density at radius 3 is 2.46 bits per heavy atom. The van der Waals surface area contributed by atoms with Crippen molar-refractivity contribution in [3.63, 3.8) is 0 Å². The highest BCUT2D eigenvalue weighted by Crippen LogP contribution is 2.47. The van der Waals surface area contributed by atoms with Gasteiger partial charge in [0.1, 0.15) is 11.6 Å². The summed E-state index contributed by atoms with van der Waals surface area (Å²) >= 11 is 0. The number of aromatic nitrogens is 1. The standard InChI is InChI=1S/C67H82N4O9/c1-4-8-54-48-26-42(23-40-21-22-69-64(27-40)71-50-18-15-43-13-14-47(65(77)59(43)32-50)29-52(73)37-68-35-39(2)49-28-51(70-36-49)33-61(54)75)25-45-16-19-56(55-12-6-5-11-53(55)44-10-7-9-41(24-44)38-72)57-34-62(76)63(80-3)31-46(57)17-20-60(74)67(79)66(78)58(45)30-48/h5-6,11-15,18,21,27-28,31-32,34,36,39,41-42,44-45,48,52,54,56,58,61,67-73,75-77,79H,4,7-10,17,20,22-26,29-30,33,35,37-38H2,1-3H3/t39-,41-,42-,44-,45-,48-,52-,54+,56+,58-,61+,67-/m0/s1. The van der Waals surface area contributed by atoms with E-state index in [1.165, 1.54) is 7.11 Å². The maximum absolute atomic E-state index is 15.3. The third-order valence-corrected chi connectivity index (χ3v) is 18.4. The van der Waals surface area contributed by atoms with Gasteiger partial charge in [0, 0.05) is 80.3 Å². The highest BCUT2D eigenvalue weighted by atomic mass is 16.5. The molecule has 3 heterocycles. The van der Waals surface area contributed by atoms with Crippen molar-refractivity contribution in [2.75, 3.05) is 38.7 Å². The van der Waals surface area contributed by atoms with Crippen LogP contribution in [0, 0.1) is 47.3 Å². The number of methoxy groups -OCH3 is 1. The van der Waals surface area contributed by atoms with E-state index in [4.69, 9.17) is 4.74 Å². The van der Waals surface area contributed by atoms with Crippen LogP contribution in [0.4, 0.5) is 5.69 Å². The Labute approximate surface area is 471 Å². The van der Waals surface area contributed by atoms with E-state index in [1.54, 1.807) is 12.1 Å². The van der Waals surface area contributed by atoms with Gasteiger partial charge < -0.3 is 56.3 Å². The molecule has 13 nitrogen and oxygen atoms in total. The Bertz CT molecular complexity index is 3150. The minimum absolute atomic E-state index is 0.0263. The number of fused-ring (bicyclic) bond motifs is 9. The number of carbonyl (C=O) groups excluding carboxylic acids is 2. The molecule has 10 rings (SSSR count). The Kier molecular flexibility index (Phi) is 18.2. The second-order valence-corrected chi connectivity index (χ2v) is 24.0. The summed E-state index contributed by atoms with van der Waals surface area (Å²) in [5.41, 5.74) is 8.12. The summed E-state index contributed by atoms with van der Waals surface area (Å²) in [6.07, 6.45) is 11.1. The first-order chi connectivity index (χ1) is 38.8. The number of phenols is 2. The highest BCUT2D eigenvalue weighted by molar-refractivity contribution is 6.06. The van der Waals surface area contributed by atoms with Gasteiger partial charge in [-0.2, -0.15) is 0 Å². The maximum atomic E-state index is 15.3. The van der Waals surface area contributed by atoms with Crippen molar-refractivity contribution >= 4 is 28.0 Å². The van der Waals surface area contributed by atoms with Gasteiger partial charge in [-0.3, -0.25) is 9.59 Å². The van der Waals surface area contributed by atoms with E-state index in [-0.39, 0.29) is 78.6 Å². The van der Waals surface area contributed by atoms with Crippen LogP contribution in [0.1, 0.15) is 141 Å². The number of anilines is 1. The number of aryl methyl sites for hydroxylation is 1. The number of dihydropyridines is 1. The van der Waals surface area contributed by atoms with E-state index >= 15 is 4.79 Å². The minimum atomic E-state index is -1.86. The number of H-pyrrole nitrogens is 1. The third kappa shape index (κ3) is 12.9. The van der Waals surface area contributed by atoms with Crippen LogP contribution in [-0.2, 0) is 28.9 Å². The van der Waals surface area contributed by atoms with Gasteiger partial charge in [-0.05, 0) is 174 Å². The number of phenolic OH excluding ortho intramolecular Hbond substituents is 2. The Balaban J connectivity index is 1.09. The molecule has 80 heavy (non-hydrogen) atoms. The van der Waals surface area contributed by atoms with Crippen molar-refractivity contribution in [3.05, 3.63) is 142 Å². The maximum Gasteiger partial charge on any atom is 0.173 e. The predicted octanol–water partition coefficient (Wildman–Crippen LogP) is 9.59. The normalized spacial score (nSPS) is 29.0. The zero-order chi connectivity index (χ0) is 56.0. The second-order valence-electron chi connectivity index (χ2n) is 24.0. The Morgan fingerprint density at radius 1 is 0.825 bits per heavy atom. The summed E-state index contributed by atoms with van der Waals surface area (Å²) in [6, 6.07) is 23.7. The van der Waals surface area contributed by atoms with Crippen LogP contribution in [0.15, 0.2) is 103 Å². The number of Topliss-reactive ketones (excluding diaryl/α,β-unsaturated/α-hetero) is 2. The Hall–Kier alpha value is -6.40. The van der Waals surface area contributed by atoms with Gasteiger partial charge in [0.25, 0.3) is 0 Å². The minimum Gasteiger partial charge on any atom is -0.507 e. The predicted molar refractivity (Wildman–Crippen MR) is 313 cm³/mol. The van der Waals surface area contributed by atoms with Crippen molar-refractivity contribution in [1.29, 1.82) is 0 Å². The molecule has 0 saturated heterocycles. The molecule has 4 aromatic carbocycles. The number of rotatable bonds is 6. The summed E-state index contributed by atoms with van der Waals surface area (Å²) in [5, 5.41) is 81.3. The number of hydrogen-bond acceptors (Lipinski definition) is 12. The van der Waals surface area contributed by atoms with Gasteiger partial charge in [0.15, 0.2) is 29.2 Å². The van der Waals surface area contributed by atoms with Gasteiger partial charge in [0.05, 0.1) is 25.2 Å². The fourth-order valence-electron chi connectivity index (χ4n) is 14.2. The molecule has 2 aliphatic heterocycles. The number of carbonyl (C=O) groups is 2. The number of nitrogens with one attached hydrogen (secondary N) is 4. The van der Waals surface area contributed by atoms with Crippen molar-refractivity contribution in [1.82, 2.24) is 15.6 Å². The topological polar surface area (TPSA) is 217 Å². The molecule has 2 fully saturated rings. The molecule has 424 valence electrons. The van der Waals surface area contributed by atoms with Crippen LogP contribution < -0.4 is 20.7 Å². The molecular formula is C67H82N4O9. The number of ether oxygens (including phenoxy) is 1. The van der Waals surface area contributed by atoms with E-state index in [0.29, 0.717) is 69.1 Å². The van der Waals surface area contributed by atoms with Crippen LogP contribution in [0.25, 0.3) is 10.8 Å². The summed E-state index contributed by atoms with van der Waals surface area (Å²) in [6.45, 7) is 5.88. The Morgan fingerprint density at radius 2 is 1.65 bits per heavy atom. The number of ketones is 2.